The number of hydrogen-bond acceptors (Lipinski definition) is 4. The minimum absolute atomic E-state index is 0.113. The maximum atomic E-state index is 11.7. The molecule has 0 saturated carbocycles. The van der Waals surface area contributed by atoms with Crippen molar-refractivity contribution in [3.63, 3.8) is 0 Å². The highest BCUT2D eigenvalue weighted by atomic mass is 16.2. The first-order valence-electron chi connectivity index (χ1n) is 5.92. The van der Waals surface area contributed by atoms with E-state index in [-0.39, 0.29) is 18.2 Å². The van der Waals surface area contributed by atoms with Crippen LogP contribution in [-0.2, 0) is 16.1 Å². The summed E-state index contributed by atoms with van der Waals surface area (Å²) < 4.78 is 0. The Kier molecular flexibility index (Phi) is 4.25. The van der Waals surface area contributed by atoms with E-state index in [2.05, 4.69) is 20.9 Å². The number of amides is 2. The number of hydrogen-bond donors (Lipinski definition) is 3. The lowest BCUT2D eigenvalue weighted by Gasteiger charge is -2.22. The van der Waals surface area contributed by atoms with Gasteiger partial charge in [-0.05, 0) is 11.6 Å². The lowest BCUT2D eigenvalue weighted by Crippen LogP contribution is -2.54. The highest BCUT2D eigenvalue weighted by molar-refractivity contribution is 5.88. The van der Waals surface area contributed by atoms with Crippen LogP contribution in [0.15, 0.2) is 24.5 Å². The number of rotatable bonds is 4. The highest BCUT2D eigenvalue weighted by Crippen LogP contribution is 1.98. The van der Waals surface area contributed by atoms with Crippen molar-refractivity contribution in [1.82, 2.24) is 20.9 Å². The molecule has 0 aromatic carbocycles. The molecular formula is C12H16N4O2. The summed E-state index contributed by atoms with van der Waals surface area (Å²) in [6, 6.07) is 3.28. The smallest absolute Gasteiger partial charge is 0.237 e. The first kappa shape index (κ1) is 12.5. The standard InChI is InChI=1S/C12H16N4O2/c17-11(6-10-12(18)15-5-4-14-10)16-8-9-2-1-3-13-7-9/h1-3,7,10,14H,4-6,8H2,(H,15,18)(H,16,17). The Balaban J connectivity index is 1.76. The van der Waals surface area contributed by atoms with Crippen molar-refractivity contribution >= 4 is 11.8 Å². The molecule has 6 nitrogen and oxygen atoms in total. The van der Waals surface area contributed by atoms with Gasteiger partial charge in [-0.2, -0.15) is 0 Å². The third-order valence-corrected chi connectivity index (χ3v) is 2.73. The normalized spacial score (nSPS) is 19.1. The minimum atomic E-state index is -0.423. The predicted molar refractivity (Wildman–Crippen MR) is 65.5 cm³/mol. The van der Waals surface area contributed by atoms with E-state index in [1.807, 2.05) is 12.1 Å². The molecule has 1 aromatic heterocycles. The second-order valence-electron chi connectivity index (χ2n) is 4.14. The summed E-state index contributed by atoms with van der Waals surface area (Å²) in [5.41, 5.74) is 0.937. The number of nitrogens with zero attached hydrogens (tertiary/aromatic N) is 1. The molecule has 18 heavy (non-hydrogen) atoms. The van der Waals surface area contributed by atoms with E-state index >= 15 is 0 Å². The number of aromatic nitrogens is 1. The Morgan fingerprint density at radius 3 is 3.11 bits per heavy atom. The van der Waals surface area contributed by atoms with Crippen LogP contribution >= 0.6 is 0 Å². The number of carbonyl (C=O) groups is 2. The monoisotopic (exact) mass is 248 g/mol. The fourth-order valence-electron chi connectivity index (χ4n) is 1.77. The van der Waals surface area contributed by atoms with Gasteiger partial charge in [0, 0.05) is 32.0 Å². The van der Waals surface area contributed by atoms with Gasteiger partial charge >= 0.3 is 0 Å². The largest absolute Gasteiger partial charge is 0.353 e. The first-order valence-corrected chi connectivity index (χ1v) is 5.92. The van der Waals surface area contributed by atoms with Crippen LogP contribution in [0.1, 0.15) is 12.0 Å². The van der Waals surface area contributed by atoms with Gasteiger partial charge in [0.1, 0.15) is 0 Å². The fraction of sp³-hybridized carbons (Fsp3) is 0.417. The van der Waals surface area contributed by atoms with Crippen LogP contribution in [0.25, 0.3) is 0 Å². The zero-order chi connectivity index (χ0) is 12.8. The topological polar surface area (TPSA) is 83.1 Å². The van der Waals surface area contributed by atoms with Gasteiger partial charge in [-0.3, -0.25) is 14.6 Å². The molecule has 2 heterocycles. The summed E-state index contributed by atoms with van der Waals surface area (Å²) in [5.74, 6) is -0.258. The lowest BCUT2D eigenvalue weighted by atomic mass is 10.1. The van der Waals surface area contributed by atoms with Crippen LogP contribution in [0.4, 0.5) is 0 Å². The maximum absolute atomic E-state index is 11.7. The van der Waals surface area contributed by atoms with E-state index in [9.17, 15) is 9.59 Å². The molecular weight excluding hydrogens is 232 g/mol. The molecule has 0 radical (unpaired) electrons. The number of piperazine rings is 1. The number of nitrogens with one attached hydrogen (secondary N) is 3. The summed E-state index contributed by atoms with van der Waals surface area (Å²) in [5, 5.41) is 8.50. The molecule has 6 heteroatoms. The molecule has 3 N–H and O–H groups in total. The van der Waals surface area contributed by atoms with Gasteiger partial charge in [-0.1, -0.05) is 6.07 Å². The molecule has 0 bridgehead atoms. The second-order valence-corrected chi connectivity index (χ2v) is 4.14. The quantitative estimate of drug-likeness (QED) is 0.650. The summed E-state index contributed by atoms with van der Waals surface area (Å²) in [6.07, 6.45) is 3.54. The van der Waals surface area contributed by atoms with Crippen LogP contribution in [0.3, 0.4) is 0 Å². The summed E-state index contributed by atoms with van der Waals surface area (Å²) >= 11 is 0. The molecule has 1 aliphatic heterocycles. The van der Waals surface area contributed by atoms with Crippen LogP contribution in [0.2, 0.25) is 0 Å². The average molecular weight is 248 g/mol. The van der Waals surface area contributed by atoms with Crippen molar-refractivity contribution in [3.05, 3.63) is 30.1 Å². The summed E-state index contributed by atoms with van der Waals surface area (Å²) in [7, 11) is 0. The maximum Gasteiger partial charge on any atom is 0.237 e. The molecule has 1 aliphatic rings. The zero-order valence-electron chi connectivity index (χ0n) is 9.98. The Morgan fingerprint density at radius 1 is 1.50 bits per heavy atom. The zero-order valence-corrected chi connectivity index (χ0v) is 9.98. The van der Waals surface area contributed by atoms with E-state index in [1.165, 1.54) is 0 Å². The van der Waals surface area contributed by atoms with Gasteiger partial charge in [0.15, 0.2) is 0 Å². The van der Waals surface area contributed by atoms with E-state index in [0.717, 1.165) is 5.56 Å². The van der Waals surface area contributed by atoms with Crippen molar-refractivity contribution in [2.24, 2.45) is 0 Å². The van der Waals surface area contributed by atoms with Crippen LogP contribution in [-0.4, -0.2) is 35.9 Å². The van der Waals surface area contributed by atoms with Crippen molar-refractivity contribution in [2.75, 3.05) is 13.1 Å². The highest BCUT2D eigenvalue weighted by Gasteiger charge is 2.23. The molecule has 96 valence electrons. The molecule has 2 rings (SSSR count). The molecule has 0 spiro atoms. The molecule has 1 unspecified atom stereocenters. The molecule has 1 atom stereocenters. The fourth-order valence-corrected chi connectivity index (χ4v) is 1.77. The van der Waals surface area contributed by atoms with E-state index < -0.39 is 6.04 Å². The Morgan fingerprint density at radius 2 is 2.39 bits per heavy atom. The van der Waals surface area contributed by atoms with E-state index in [1.54, 1.807) is 12.4 Å². The first-order chi connectivity index (χ1) is 8.75. The summed E-state index contributed by atoms with van der Waals surface area (Å²) in [4.78, 5) is 27.1. The number of pyridine rings is 1. The van der Waals surface area contributed by atoms with Crippen LogP contribution in [0.5, 0.6) is 0 Å². The predicted octanol–water partition coefficient (Wildman–Crippen LogP) is -0.824. The Bertz CT molecular complexity index is 421. The van der Waals surface area contributed by atoms with Crippen molar-refractivity contribution in [2.45, 2.75) is 19.0 Å². The van der Waals surface area contributed by atoms with Gasteiger partial charge in [-0.15, -0.1) is 0 Å². The third kappa shape index (κ3) is 3.53. The van der Waals surface area contributed by atoms with Gasteiger partial charge in [0.25, 0.3) is 0 Å². The van der Waals surface area contributed by atoms with Crippen molar-refractivity contribution < 1.29 is 9.59 Å². The lowest BCUT2D eigenvalue weighted by molar-refractivity contribution is -0.129. The summed E-state index contributed by atoms with van der Waals surface area (Å²) in [6.45, 7) is 1.75. The van der Waals surface area contributed by atoms with Crippen molar-refractivity contribution in [1.29, 1.82) is 0 Å². The van der Waals surface area contributed by atoms with E-state index in [0.29, 0.717) is 19.6 Å². The average Bonchev–Trinajstić information content (AvgIpc) is 2.40. The van der Waals surface area contributed by atoms with Gasteiger partial charge in [-0.25, -0.2) is 0 Å². The van der Waals surface area contributed by atoms with Gasteiger partial charge < -0.3 is 16.0 Å². The SMILES string of the molecule is O=C(CC1NCCNC1=O)NCc1cccnc1. The molecule has 2 amide bonds. The third-order valence-electron chi connectivity index (χ3n) is 2.73. The molecule has 1 fully saturated rings. The Hall–Kier alpha value is -1.95. The van der Waals surface area contributed by atoms with Gasteiger partial charge in [0.05, 0.1) is 12.5 Å². The minimum Gasteiger partial charge on any atom is -0.353 e. The Labute approximate surface area is 105 Å². The van der Waals surface area contributed by atoms with Crippen molar-refractivity contribution in [3.8, 4) is 0 Å². The molecule has 0 aliphatic carbocycles. The second kappa shape index (κ2) is 6.11. The van der Waals surface area contributed by atoms with Gasteiger partial charge in [0.2, 0.25) is 11.8 Å². The molecule has 1 saturated heterocycles. The van der Waals surface area contributed by atoms with Crippen LogP contribution in [0, 0.1) is 0 Å². The van der Waals surface area contributed by atoms with E-state index in [4.69, 9.17) is 0 Å². The molecule has 1 aromatic rings. The van der Waals surface area contributed by atoms with Crippen LogP contribution < -0.4 is 16.0 Å². The number of carbonyl (C=O) groups excluding carboxylic acids is 2.